The van der Waals surface area contributed by atoms with Gasteiger partial charge in [-0.25, -0.2) is 0 Å². The molecule has 0 radical (unpaired) electrons. The number of hydrogen-bond acceptors (Lipinski definition) is 4. The van der Waals surface area contributed by atoms with Gasteiger partial charge in [-0.3, -0.25) is 4.79 Å². The highest BCUT2D eigenvalue weighted by molar-refractivity contribution is 5.75. The van der Waals surface area contributed by atoms with Gasteiger partial charge in [-0.2, -0.15) is 0 Å². The molecular weight excluding hydrogens is 192 g/mol. The quantitative estimate of drug-likeness (QED) is 0.564. The molecule has 0 aromatic heterocycles. The summed E-state index contributed by atoms with van der Waals surface area (Å²) in [6.45, 7) is 1.91. The number of anilines is 1. The summed E-state index contributed by atoms with van der Waals surface area (Å²) in [6.07, 6.45) is 0.448. The van der Waals surface area contributed by atoms with Crippen LogP contribution in [0.15, 0.2) is 18.2 Å². The summed E-state index contributed by atoms with van der Waals surface area (Å²) >= 11 is 0. The molecule has 1 rings (SSSR count). The van der Waals surface area contributed by atoms with E-state index in [9.17, 15) is 4.79 Å². The lowest BCUT2D eigenvalue weighted by atomic mass is 10.0. The molecule has 15 heavy (non-hydrogen) atoms. The number of rotatable bonds is 3. The maximum atomic E-state index is 11.1. The Morgan fingerprint density at radius 2 is 2.20 bits per heavy atom. The van der Waals surface area contributed by atoms with E-state index in [0.717, 1.165) is 11.1 Å². The van der Waals surface area contributed by atoms with Gasteiger partial charge in [0.05, 0.1) is 7.11 Å². The first kappa shape index (κ1) is 11.5. The number of ether oxygens (including phenoxy) is 1. The Bertz CT molecular complexity index is 364. The molecule has 0 saturated heterocycles. The van der Waals surface area contributed by atoms with Crippen LogP contribution in [0.2, 0.25) is 0 Å². The molecule has 82 valence electrons. The van der Waals surface area contributed by atoms with Gasteiger partial charge in [0, 0.05) is 5.69 Å². The van der Waals surface area contributed by atoms with Crippen LogP contribution in [0.1, 0.15) is 11.1 Å². The minimum Gasteiger partial charge on any atom is -0.468 e. The fourth-order valence-corrected chi connectivity index (χ4v) is 1.40. The van der Waals surface area contributed by atoms with Gasteiger partial charge in [0.15, 0.2) is 0 Å². The summed E-state index contributed by atoms with van der Waals surface area (Å²) in [6, 6.07) is 4.95. The van der Waals surface area contributed by atoms with E-state index in [1.54, 1.807) is 0 Å². The number of methoxy groups -OCH3 is 1. The van der Waals surface area contributed by atoms with E-state index in [2.05, 4.69) is 4.74 Å². The average molecular weight is 208 g/mol. The van der Waals surface area contributed by atoms with Crippen LogP contribution in [0, 0.1) is 6.92 Å². The van der Waals surface area contributed by atoms with Gasteiger partial charge in [0.2, 0.25) is 0 Å². The summed E-state index contributed by atoms with van der Waals surface area (Å²) in [5.74, 6) is -0.406. The minimum absolute atomic E-state index is 0.406. The highest BCUT2D eigenvalue weighted by Gasteiger charge is 2.15. The van der Waals surface area contributed by atoms with Crippen molar-refractivity contribution >= 4 is 11.7 Å². The molecule has 0 amide bonds. The molecule has 0 spiro atoms. The highest BCUT2D eigenvalue weighted by Crippen LogP contribution is 2.16. The first-order valence-electron chi connectivity index (χ1n) is 4.73. The number of hydrogen-bond donors (Lipinski definition) is 2. The Morgan fingerprint density at radius 3 is 2.80 bits per heavy atom. The zero-order chi connectivity index (χ0) is 11.4. The smallest absolute Gasteiger partial charge is 0.322 e. The van der Waals surface area contributed by atoms with Crippen LogP contribution in [0.25, 0.3) is 0 Å². The van der Waals surface area contributed by atoms with Gasteiger partial charge in [0.25, 0.3) is 0 Å². The van der Waals surface area contributed by atoms with E-state index in [1.807, 2.05) is 25.1 Å². The second kappa shape index (κ2) is 4.79. The Morgan fingerprint density at radius 1 is 1.53 bits per heavy atom. The lowest BCUT2D eigenvalue weighted by Gasteiger charge is -2.12. The van der Waals surface area contributed by atoms with Crippen molar-refractivity contribution in [3.05, 3.63) is 29.3 Å². The minimum atomic E-state index is -0.629. The molecule has 1 aromatic carbocycles. The van der Waals surface area contributed by atoms with Crippen molar-refractivity contribution in [2.75, 3.05) is 12.8 Å². The Balaban J connectivity index is 2.81. The van der Waals surface area contributed by atoms with Gasteiger partial charge >= 0.3 is 5.97 Å². The predicted octanol–water partition coefficient (Wildman–Crippen LogP) is 0.620. The molecule has 0 heterocycles. The van der Waals surface area contributed by atoms with Crippen molar-refractivity contribution in [3.8, 4) is 0 Å². The van der Waals surface area contributed by atoms with Crippen molar-refractivity contribution in [2.45, 2.75) is 19.4 Å². The zero-order valence-corrected chi connectivity index (χ0v) is 8.99. The third-order valence-electron chi connectivity index (χ3n) is 2.43. The fourth-order valence-electron chi connectivity index (χ4n) is 1.40. The zero-order valence-electron chi connectivity index (χ0n) is 8.99. The molecule has 0 aliphatic heterocycles. The van der Waals surface area contributed by atoms with Crippen molar-refractivity contribution in [1.82, 2.24) is 0 Å². The third-order valence-corrected chi connectivity index (χ3v) is 2.43. The Hall–Kier alpha value is -1.55. The topological polar surface area (TPSA) is 78.3 Å². The standard InChI is InChI=1S/C11H16N2O2/c1-7-8(4-3-5-9(7)12)6-10(13)11(14)15-2/h3-5,10H,6,12-13H2,1-2H3/t10-/m0/s1. The van der Waals surface area contributed by atoms with Crippen LogP contribution in [-0.2, 0) is 16.0 Å². The van der Waals surface area contributed by atoms with Crippen LogP contribution < -0.4 is 11.5 Å². The van der Waals surface area contributed by atoms with E-state index in [4.69, 9.17) is 11.5 Å². The maximum absolute atomic E-state index is 11.1. The van der Waals surface area contributed by atoms with Crippen molar-refractivity contribution in [3.63, 3.8) is 0 Å². The van der Waals surface area contributed by atoms with Crippen molar-refractivity contribution in [2.24, 2.45) is 5.73 Å². The van der Waals surface area contributed by atoms with Gasteiger partial charge in [0.1, 0.15) is 6.04 Å². The first-order chi connectivity index (χ1) is 7.06. The van der Waals surface area contributed by atoms with Gasteiger partial charge in [-0.15, -0.1) is 0 Å². The number of nitrogens with two attached hydrogens (primary N) is 2. The van der Waals surface area contributed by atoms with Crippen molar-refractivity contribution < 1.29 is 9.53 Å². The summed E-state index contributed by atoms with van der Waals surface area (Å²) in [7, 11) is 1.33. The van der Waals surface area contributed by atoms with Gasteiger partial charge in [-0.1, -0.05) is 12.1 Å². The number of nitrogen functional groups attached to an aromatic ring is 1. The molecule has 1 aromatic rings. The molecule has 4 heteroatoms. The summed E-state index contributed by atoms with van der Waals surface area (Å²) in [5, 5.41) is 0. The summed E-state index contributed by atoms with van der Waals surface area (Å²) in [4.78, 5) is 11.1. The second-order valence-corrected chi connectivity index (χ2v) is 3.47. The van der Waals surface area contributed by atoms with Crippen LogP contribution in [0.5, 0.6) is 0 Å². The molecule has 0 aliphatic rings. The summed E-state index contributed by atoms with van der Waals surface area (Å²) in [5.41, 5.74) is 14.1. The third kappa shape index (κ3) is 2.70. The molecule has 0 saturated carbocycles. The number of benzene rings is 1. The van der Waals surface area contributed by atoms with E-state index in [0.29, 0.717) is 12.1 Å². The molecule has 4 nitrogen and oxygen atoms in total. The Kier molecular flexibility index (Phi) is 3.68. The number of carbonyl (C=O) groups is 1. The van der Waals surface area contributed by atoms with E-state index < -0.39 is 12.0 Å². The summed E-state index contributed by atoms with van der Waals surface area (Å²) < 4.78 is 4.56. The van der Waals surface area contributed by atoms with Crippen LogP contribution in [0.3, 0.4) is 0 Å². The number of esters is 1. The first-order valence-corrected chi connectivity index (χ1v) is 4.73. The molecule has 0 aliphatic carbocycles. The molecule has 0 bridgehead atoms. The van der Waals surface area contributed by atoms with E-state index in [1.165, 1.54) is 7.11 Å². The van der Waals surface area contributed by atoms with Gasteiger partial charge in [-0.05, 0) is 30.5 Å². The molecule has 1 atom stereocenters. The lowest BCUT2D eigenvalue weighted by molar-refractivity contribution is -0.142. The lowest BCUT2D eigenvalue weighted by Crippen LogP contribution is -2.33. The van der Waals surface area contributed by atoms with Crippen LogP contribution in [0.4, 0.5) is 5.69 Å². The predicted molar refractivity (Wildman–Crippen MR) is 59.3 cm³/mol. The van der Waals surface area contributed by atoms with E-state index in [-0.39, 0.29) is 0 Å². The van der Waals surface area contributed by atoms with Gasteiger partial charge < -0.3 is 16.2 Å². The molecular formula is C11H16N2O2. The fraction of sp³-hybridized carbons (Fsp3) is 0.364. The number of carbonyl (C=O) groups excluding carboxylic acids is 1. The molecule has 0 unspecified atom stereocenters. The largest absolute Gasteiger partial charge is 0.468 e. The molecule has 0 fully saturated rings. The highest BCUT2D eigenvalue weighted by atomic mass is 16.5. The van der Waals surface area contributed by atoms with Crippen molar-refractivity contribution in [1.29, 1.82) is 0 Å². The maximum Gasteiger partial charge on any atom is 0.322 e. The van der Waals surface area contributed by atoms with Crippen LogP contribution in [-0.4, -0.2) is 19.1 Å². The Labute approximate surface area is 89.2 Å². The average Bonchev–Trinajstić information content (AvgIpc) is 2.23. The van der Waals surface area contributed by atoms with E-state index >= 15 is 0 Å². The van der Waals surface area contributed by atoms with Crippen LogP contribution >= 0.6 is 0 Å². The monoisotopic (exact) mass is 208 g/mol. The SMILES string of the molecule is COC(=O)[C@@H](N)Cc1cccc(N)c1C. The second-order valence-electron chi connectivity index (χ2n) is 3.47. The normalized spacial score (nSPS) is 12.2. The molecule has 4 N–H and O–H groups in total.